The number of nitrogens with one attached hydrogen (secondary N) is 1. The lowest BCUT2D eigenvalue weighted by Crippen LogP contribution is -2.05. The highest BCUT2D eigenvalue weighted by Gasteiger charge is 2.11. The molecule has 0 saturated carbocycles. The fraction of sp³-hybridized carbons (Fsp3) is 0.182. The van der Waals surface area contributed by atoms with E-state index in [0.717, 1.165) is 37.3 Å². The van der Waals surface area contributed by atoms with Crippen LogP contribution in [-0.2, 0) is 13.2 Å². The second kappa shape index (κ2) is 9.94. The molecule has 146 valence electrons. The SMILES string of the molecule is CCOc1ccc(NCc2cc(Br)cc(Br)c2OCc2cccc(F)c2)cc1. The summed E-state index contributed by atoms with van der Waals surface area (Å²) in [6, 6.07) is 18.2. The monoisotopic (exact) mass is 507 g/mol. The number of hydrogen-bond acceptors (Lipinski definition) is 3. The second-order valence-electron chi connectivity index (χ2n) is 6.11. The first kappa shape index (κ1) is 20.7. The molecule has 0 atom stereocenters. The molecule has 3 aromatic rings. The van der Waals surface area contributed by atoms with Crippen LogP contribution in [0.1, 0.15) is 18.1 Å². The lowest BCUT2D eigenvalue weighted by Gasteiger charge is -2.16. The number of halogens is 3. The Kier molecular flexibility index (Phi) is 7.34. The van der Waals surface area contributed by atoms with E-state index in [9.17, 15) is 4.39 Å². The normalized spacial score (nSPS) is 10.6. The van der Waals surface area contributed by atoms with Gasteiger partial charge in [0.2, 0.25) is 0 Å². The molecule has 0 aliphatic carbocycles. The first-order chi connectivity index (χ1) is 13.5. The van der Waals surface area contributed by atoms with Crippen LogP contribution < -0.4 is 14.8 Å². The Bertz CT molecular complexity index is 932. The van der Waals surface area contributed by atoms with Crippen LogP contribution >= 0.6 is 31.9 Å². The van der Waals surface area contributed by atoms with Gasteiger partial charge in [-0.2, -0.15) is 0 Å². The molecule has 0 saturated heterocycles. The summed E-state index contributed by atoms with van der Waals surface area (Å²) in [5, 5.41) is 3.40. The molecule has 0 aliphatic heterocycles. The number of benzene rings is 3. The Morgan fingerprint density at radius 2 is 1.75 bits per heavy atom. The molecule has 0 aromatic heterocycles. The summed E-state index contributed by atoms with van der Waals surface area (Å²) < 4.78 is 26.7. The Balaban J connectivity index is 1.72. The van der Waals surface area contributed by atoms with Crippen molar-refractivity contribution < 1.29 is 13.9 Å². The van der Waals surface area contributed by atoms with E-state index in [-0.39, 0.29) is 12.4 Å². The van der Waals surface area contributed by atoms with Crippen LogP contribution in [-0.4, -0.2) is 6.61 Å². The first-order valence-electron chi connectivity index (χ1n) is 8.87. The van der Waals surface area contributed by atoms with Crippen LogP contribution in [0.3, 0.4) is 0 Å². The lowest BCUT2D eigenvalue weighted by atomic mass is 10.2. The zero-order valence-corrected chi connectivity index (χ0v) is 18.5. The highest BCUT2D eigenvalue weighted by atomic mass is 79.9. The highest BCUT2D eigenvalue weighted by molar-refractivity contribution is 9.11. The van der Waals surface area contributed by atoms with Crippen molar-refractivity contribution in [1.82, 2.24) is 0 Å². The average Bonchev–Trinajstić information content (AvgIpc) is 2.67. The molecule has 3 rings (SSSR count). The standard InChI is InChI=1S/C22H20Br2FNO2/c1-2-27-20-8-6-19(7-9-20)26-13-16-11-17(23)12-21(24)22(16)28-14-15-4-3-5-18(25)10-15/h3-12,26H,2,13-14H2,1H3. The topological polar surface area (TPSA) is 30.5 Å². The van der Waals surface area contributed by atoms with Gasteiger partial charge in [0.1, 0.15) is 23.9 Å². The Labute approximate surface area is 181 Å². The van der Waals surface area contributed by atoms with Gasteiger partial charge >= 0.3 is 0 Å². The van der Waals surface area contributed by atoms with Gasteiger partial charge in [0, 0.05) is 22.3 Å². The van der Waals surface area contributed by atoms with Gasteiger partial charge in [0.15, 0.2) is 0 Å². The van der Waals surface area contributed by atoms with Crippen LogP contribution in [0.25, 0.3) is 0 Å². The van der Waals surface area contributed by atoms with Gasteiger partial charge in [-0.15, -0.1) is 0 Å². The van der Waals surface area contributed by atoms with Crippen molar-refractivity contribution in [2.24, 2.45) is 0 Å². The molecule has 0 spiro atoms. The smallest absolute Gasteiger partial charge is 0.139 e. The van der Waals surface area contributed by atoms with Crippen molar-refractivity contribution in [2.45, 2.75) is 20.1 Å². The molecule has 6 heteroatoms. The van der Waals surface area contributed by atoms with Crippen molar-refractivity contribution in [3.63, 3.8) is 0 Å². The van der Waals surface area contributed by atoms with Crippen LogP contribution in [0, 0.1) is 5.82 Å². The molecule has 0 fully saturated rings. The first-order valence-corrected chi connectivity index (χ1v) is 10.5. The molecule has 0 aliphatic rings. The van der Waals surface area contributed by atoms with E-state index in [4.69, 9.17) is 9.47 Å². The van der Waals surface area contributed by atoms with E-state index >= 15 is 0 Å². The van der Waals surface area contributed by atoms with Crippen molar-refractivity contribution >= 4 is 37.5 Å². The van der Waals surface area contributed by atoms with E-state index in [1.807, 2.05) is 49.4 Å². The third kappa shape index (κ3) is 5.72. The minimum atomic E-state index is -0.270. The predicted molar refractivity (Wildman–Crippen MR) is 118 cm³/mol. The molecule has 28 heavy (non-hydrogen) atoms. The van der Waals surface area contributed by atoms with Crippen LogP contribution in [0.15, 0.2) is 69.6 Å². The summed E-state index contributed by atoms with van der Waals surface area (Å²) in [7, 11) is 0. The summed E-state index contributed by atoms with van der Waals surface area (Å²) in [4.78, 5) is 0. The average molecular weight is 509 g/mol. The fourth-order valence-electron chi connectivity index (χ4n) is 2.72. The number of hydrogen-bond donors (Lipinski definition) is 1. The van der Waals surface area contributed by atoms with Crippen molar-refractivity contribution in [3.8, 4) is 11.5 Å². The van der Waals surface area contributed by atoms with Crippen LogP contribution in [0.5, 0.6) is 11.5 Å². The summed E-state index contributed by atoms with van der Waals surface area (Å²) >= 11 is 7.09. The molecular formula is C22H20Br2FNO2. The largest absolute Gasteiger partial charge is 0.494 e. The maximum atomic E-state index is 13.4. The van der Waals surface area contributed by atoms with Crippen LogP contribution in [0.2, 0.25) is 0 Å². The second-order valence-corrected chi connectivity index (χ2v) is 7.88. The lowest BCUT2D eigenvalue weighted by molar-refractivity contribution is 0.300. The molecule has 3 nitrogen and oxygen atoms in total. The number of anilines is 1. The van der Waals surface area contributed by atoms with Crippen molar-refractivity contribution in [1.29, 1.82) is 0 Å². The minimum Gasteiger partial charge on any atom is -0.494 e. The van der Waals surface area contributed by atoms with E-state index in [0.29, 0.717) is 13.2 Å². The van der Waals surface area contributed by atoms with Gasteiger partial charge in [-0.3, -0.25) is 0 Å². The highest BCUT2D eigenvalue weighted by Crippen LogP contribution is 2.34. The summed E-state index contributed by atoms with van der Waals surface area (Å²) in [6.45, 7) is 3.46. The summed E-state index contributed by atoms with van der Waals surface area (Å²) in [5.41, 5.74) is 2.74. The van der Waals surface area contributed by atoms with Gasteiger partial charge in [-0.25, -0.2) is 4.39 Å². The molecule has 0 heterocycles. The zero-order valence-electron chi connectivity index (χ0n) is 15.3. The summed E-state index contributed by atoms with van der Waals surface area (Å²) in [6.07, 6.45) is 0. The van der Waals surface area contributed by atoms with Gasteiger partial charge < -0.3 is 14.8 Å². The molecule has 0 amide bonds. The van der Waals surface area contributed by atoms with E-state index in [1.54, 1.807) is 6.07 Å². The maximum Gasteiger partial charge on any atom is 0.139 e. The van der Waals surface area contributed by atoms with E-state index < -0.39 is 0 Å². The molecule has 0 radical (unpaired) electrons. The van der Waals surface area contributed by atoms with Crippen molar-refractivity contribution in [2.75, 3.05) is 11.9 Å². The third-order valence-corrected chi connectivity index (χ3v) is 5.05. The molecule has 0 unspecified atom stereocenters. The van der Waals surface area contributed by atoms with Gasteiger partial charge in [0.25, 0.3) is 0 Å². The number of rotatable bonds is 8. The van der Waals surface area contributed by atoms with E-state index in [2.05, 4.69) is 37.2 Å². The minimum absolute atomic E-state index is 0.270. The van der Waals surface area contributed by atoms with Gasteiger partial charge in [-0.1, -0.05) is 28.1 Å². The molecule has 0 bridgehead atoms. The predicted octanol–water partition coefficient (Wildman–Crippen LogP) is 6.94. The Hall–Kier alpha value is -2.05. The maximum absolute atomic E-state index is 13.4. The third-order valence-electron chi connectivity index (χ3n) is 4.01. The molecule has 1 N–H and O–H groups in total. The Morgan fingerprint density at radius 1 is 0.964 bits per heavy atom. The van der Waals surface area contributed by atoms with Crippen molar-refractivity contribution in [3.05, 3.63) is 86.6 Å². The van der Waals surface area contributed by atoms with Crippen LogP contribution in [0.4, 0.5) is 10.1 Å². The Morgan fingerprint density at radius 3 is 2.46 bits per heavy atom. The van der Waals surface area contributed by atoms with Gasteiger partial charge in [-0.05, 0) is 76.9 Å². The molecule has 3 aromatic carbocycles. The van der Waals surface area contributed by atoms with E-state index in [1.165, 1.54) is 12.1 Å². The number of ether oxygens (including phenoxy) is 2. The fourth-order valence-corrected chi connectivity index (χ4v) is 4.15. The zero-order chi connectivity index (χ0) is 19.9. The summed E-state index contributed by atoms with van der Waals surface area (Å²) in [5.74, 6) is 1.30. The quantitative estimate of drug-likeness (QED) is 0.357. The van der Waals surface area contributed by atoms with Gasteiger partial charge in [0.05, 0.1) is 11.1 Å². The molecular weight excluding hydrogens is 489 g/mol.